The summed E-state index contributed by atoms with van der Waals surface area (Å²) in [5, 5.41) is 48.0. The first-order chi connectivity index (χ1) is 10.8. The third-order valence-corrected chi connectivity index (χ3v) is 3.51. The second-order valence-corrected chi connectivity index (χ2v) is 5.19. The Kier molecular flexibility index (Phi) is 5.39. The third kappa shape index (κ3) is 3.71. The third-order valence-electron chi connectivity index (χ3n) is 3.51. The molecule has 1 aromatic rings. The first-order valence-electron chi connectivity index (χ1n) is 6.96. The molecule has 128 valence electrons. The van der Waals surface area contributed by atoms with Gasteiger partial charge in [-0.15, -0.1) is 0 Å². The molecule has 1 aliphatic heterocycles. The van der Waals surface area contributed by atoms with Crippen LogP contribution < -0.4 is 10.5 Å². The van der Waals surface area contributed by atoms with Gasteiger partial charge in [0, 0.05) is 0 Å². The van der Waals surface area contributed by atoms with E-state index in [2.05, 4.69) is 0 Å². The van der Waals surface area contributed by atoms with Crippen LogP contribution in [0.4, 0.5) is 0 Å². The van der Waals surface area contributed by atoms with Gasteiger partial charge in [-0.2, -0.15) is 0 Å². The summed E-state index contributed by atoms with van der Waals surface area (Å²) < 4.78 is 10.3. The predicted molar refractivity (Wildman–Crippen MR) is 75.8 cm³/mol. The zero-order valence-corrected chi connectivity index (χ0v) is 12.1. The number of benzene rings is 1. The van der Waals surface area contributed by atoms with Crippen LogP contribution in [0.25, 0.3) is 0 Å². The Bertz CT molecular complexity index is 566. The van der Waals surface area contributed by atoms with Crippen molar-refractivity contribution >= 4 is 5.97 Å². The van der Waals surface area contributed by atoms with Crippen molar-refractivity contribution in [1.29, 1.82) is 0 Å². The molecule has 9 heteroatoms. The smallest absolute Gasteiger partial charge is 0.335 e. The monoisotopic (exact) mass is 329 g/mol. The lowest BCUT2D eigenvalue weighted by molar-refractivity contribution is -0.271. The highest BCUT2D eigenvalue weighted by Gasteiger charge is 2.48. The standard InChI is InChI=1S/C14H19NO8/c15-4-3-6-1-2-7(16)8(5-6)22-14-11(19)9(17)10(18)12(23-14)13(20)21/h1-2,5,9-12,14,16-19H,3-4,15H2,(H,20,21)/t9-,10-,11+,12-,14+/m0/s1. The molecule has 0 aliphatic carbocycles. The molecule has 0 unspecified atom stereocenters. The highest BCUT2D eigenvalue weighted by molar-refractivity contribution is 5.73. The van der Waals surface area contributed by atoms with E-state index >= 15 is 0 Å². The summed E-state index contributed by atoms with van der Waals surface area (Å²) in [6.07, 6.45) is -8.10. The van der Waals surface area contributed by atoms with Crippen LogP contribution in [0.2, 0.25) is 0 Å². The Labute approximate surface area is 131 Å². The van der Waals surface area contributed by atoms with Crippen LogP contribution in [-0.2, 0) is 16.0 Å². The molecule has 0 aromatic heterocycles. The van der Waals surface area contributed by atoms with Crippen LogP contribution in [-0.4, -0.2) is 68.8 Å². The summed E-state index contributed by atoms with van der Waals surface area (Å²) in [7, 11) is 0. The Morgan fingerprint density at radius 2 is 1.91 bits per heavy atom. The molecule has 7 N–H and O–H groups in total. The number of phenolic OH excluding ortho intramolecular Hbond substituents is 1. The molecule has 23 heavy (non-hydrogen) atoms. The van der Waals surface area contributed by atoms with Crippen LogP contribution in [0.1, 0.15) is 5.56 Å². The normalized spacial score (nSPS) is 30.9. The highest BCUT2D eigenvalue weighted by atomic mass is 16.7. The highest BCUT2D eigenvalue weighted by Crippen LogP contribution is 2.31. The number of hydrogen-bond donors (Lipinski definition) is 6. The van der Waals surface area contributed by atoms with E-state index < -0.39 is 36.7 Å². The number of carboxylic acid groups (broad SMARTS) is 1. The lowest BCUT2D eigenvalue weighted by atomic mass is 9.99. The second kappa shape index (κ2) is 7.11. The number of phenols is 1. The minimum absolute atomic E-state index is 0.0623. The molecule has 1 aliphatic rings. The van der Waals surface area contributed by atoms with E-state index in [0.29, 0.717) is 13.0 Å². The molecular formula is C14H19NO8. The van der Waals surface area contributed by atoms with Gasteiger partial charge in [-0.25, -0.2) is 4.79 Å². The minimum atomic E-state index is -1.81. The number of aliphatic hydroxyl groups is 3. The fourth-order valence-electron chi connectivity index (χ4n) is 2.25. The molecule has 0 bridgehead atoms. The Morgan fingerprint density at radius 3 is 2.52 bits per heavy atom. The maximum atomic E-state index is 11.0. The number of rotatable bonds is 5. The SMILES string of the molecule is NCCc1ccc(O)c(O[C@@H]2O[C@H](C(=O)O)[C@@H](O)[C@H](O)[C@H]2O)c1. The molecule has 1 fully saturated rings. The topological polar surface area (TPSA) is 163 Å². The fourth-order valence-corrected chi connectivity index (χ4v) is 2.25. The minimum Gasteiger partial charge on any atom is -0.504 e. The van der Waals surface area contributed by atoms with Gasteiger partial charge in [0.05, 0.1) is 0 Å². The summed E-state index contributed by atoms with van der Waals surface area (Å²) in [6, 6.07) is 4.45. The molecule has 0 saturated carbocycles. The first kappa shape index (κ1) is 17.4. The predicted octanol–water partition coefficient (Wildman–Crippen LogP) is -1.84. The van der Waals surface area contributed by atoms with E-state index in [4.69, 9.17) is 20.3 Å². The number of aromatic hydroxyl groups is 1. The van der Waals surface area contributed by atoms with Gasteiger partial charge in [0.2, 0.25) is 6.29 Å². The number of aliphatic hydroxyl groups excluding tert-OH is 3. The fraction of sp³-hybridized carbons (Fsp3) is 0.500. The Morgan fingerprint density at radius 1 is 1.22 bits per heavy atom. The van der Waals surface area contributed by atoms with E-state index in [9.17, 15) is 25.2 Å². The van der Waals surface area contributed by atoms with Crippen LogP contribution in [0.3, 0.4) is 0 Å². The molecule has 0 radical (unpaired) electrons. The summed E-state index contributed by atoms with van der Waals surface area (Å²) in [5.41, 5.74) is 6.20. The van der Waals surface area contributed by atoms with Crippen LogP contribution in [0.15, 0.2) is 18.2 Å². The largest absolute Gasteiger partial charge is 0.504 e. The summed E-state index contributed by atoms with van der Waals surface area (Å²) in [5.74, 6) is -1.83. The number of aliphatic carboxylic acids is 1. The van der Waals surface area contributed by atoms with Crippen molar-refractivity contribution in [3.8, 4) is 11.5 Å². The van der Waals surface area contributed by atoms with Crippen molar-refractivity contribution in [3.63, 3.8) is 0 Å². The van der Waals surface area contributed by atoms with Crippen molar-refractivity contribution < 1.29 is 39.8 Å². The summed E-state index contributed by atoms with van der Waals surface area (Å²) >= 11 is 0. The van der Waals surface area contributed by atoms with Crippen molar-refractivity contribution in [2.45, 2.75) is 37.1 Å². The summed E-state index contributed by atoms with van der Waals surface area (Å²) in [6.45, 7) is 0.374. The van der Waals surface area contributed by atoms with E-state index in [0.717, 1.165) is 5.56 Å². The van der Waals surface area contributed by atoms with E-state index in [1.165, 1.54) is 12.1 Å². The number of nitrogens with two attached hydrogens (primary N) is 1. The van der Waals surface area contributed by atoms with Crippen LogP contribution >= 0.6 is 0 Å². The van der Waals surface area contributed by atoms with Crippen molar-refractivity contribution in [1.82, 2.24) is 0 Å². The Balaban J connectivity index is 2.21. The van der Waals surface area contributed by atoms with Gasteiger partial charge in [-0.3, -0.25) is 0 Å². The second-order valence-electron chi connectivity index (χ2n) is 5.19. The molecule has 1 aromatic carbocycles. The molecule has 0 spiro atoms. The zero-order chi connectivity index (χ0) is 17.1. The lowest BCUT2D eigenvalue weighted by Crippen LogP contribution is -2.61. The van der Waals surface area contributed by atoms with Gasteiger partial charge in [-0.05, 0) is 30.7 Å². The zero-order valence-electron chi connectivity index (χ0n) is 12.1. The van der Waals surface area contributed by atoms with Gasteiger partial charge in [0.15, 0.2) is 17.6 Å². The van der Waals surface area contributed by atoms with Crippen molar-refractivity contribution in [2.24, 2.45) is 5.73 Å². The number of ether oxygens (including phenoxy) is 2. The molecule has 0 amide bonds. The van der Waals surface area contributed by atoms with E-state index in [-0.39, 0.29) is 11.5 Å². The average molecular weight is 329 g/mol. The molecule has 1 heterocycles. The quantitative estimate of drug-likeness (QED) is 0.364. The number of hydrogen-bond acceptors (Lipinski definition) is 8. The van der Waals surface area contributed by atoms with Crippen LogP contribution in [0, 0.1) is 0 Å². The van der Waals surface area contributed by atoms with Crippen molar-refractivity contribution in [2.75, 3.05) is 6.54 Å². The van der Waals surface area contributed by atoms with Gasteiger partial charge in [0.1, 0.15) is 18.3 Å². The summed E-state index contributed by atoms with van der Waals surface area (Å²) in [4.78, 5) is 11.0. The molecule has 9 nitrogen and oxygen atoms in total. The lowest BCUT2D eigenvalue weighted by Gasteiger charge is -2.38. The maximum absolute atomic E-state index is 11.0. The van der Waals surface area contributed by atoms with E-state index in [1.807, 2.05) is 0 Å². The maximum Gasteiger partial charge on any atom is 0.335 e. The molecular weight excluding hydrogens is 310 g/mol. The van der Waals surface area contributed by atoms with Gasteiger partial charge >= 0.3 is 5.97 Å². The number of carboxylic acids is 1. The first-order valence-corrected chi connectivity index (χ1v) is 6.96. The average Bonchev–Trinajstić information content (AvgIpc) is 2.50. The van der Waals surface area contributed by atoms with E-state index in [1.54, 1.807) is 6.07 Å². The number of carbonyl (C=O) groups is 1. The van der Waals surface area contributed by atoms with Crippen LogP contribution in [0.5, 0.6) is 11.5 Å². The van der Waals surface area contributed by atoms with Gasteiger partial charge in [-0.1, -0.05) is 6.07 Å². The molecule has 1 saturated heterocycles. The molecule has 2 rings (SSSR count). The van der Waals surface area contributed by atoms with Gasteiger partial charge in [0.25, 0.3) is 0 Å². The molecule has 5 atom stereocenters. The Hall–Kier alpha value is -1.91. The van der Waals surface area contributed by atoms with Gasteiger partial charge < -0.3 is 40.7 Å². The van der Waals surface area contributed by atoms with Crippen molar-refractivity contribution in [3.05, 3.63) is 23.8 Å².